The van der Waals surface area contributed by atoms with E-state index in [1.54, 1.807) is 25.6 Å². The molecule has 2 rings (SSSR count). The van der Waals surface area contributed by atoms with Crippen molar-refractivity contribution >= 4 is 0 Å². The van der Waals surface area contributed by atoms with Crippen molar-refractivity contribution in [2.45, 2.75) is 13.0 Å². The smallest absolute Gasteiger partial charge is 0.124 e. The summed E-state index contributed by atoms with van der Waals surface area (Å²) in [5.41, 5.74) is 1.71. The minimum absolute atomic E-state index is 0.139. The van der Waals surface area contributed by atoms with Gasteiger partial charge in [0.05, 0.1) is 19.3 Å². The highest BCUT2D eigenvalue weighted by Gasteiger charge is 2.18. The number of H-pyrrole nitrogens is 1. The summed E-state index contributed by atoms with van der Waals surface area (Å²) in [7, 11) is 1.58. The molecule has 5 heteroatoms. The van der Waals surface area contributed by atoms with Crippen molar-refractivity contribution in [1.29, 1.82) is 0 Å². The molecule has 0 aliphatic heterocycles. The van der Waals surface area contributed by atoms with Crippen LogP contribution in [0.25, 0.3) is 0 Å². The number of methoxy groups -OCH3 is 1. The van der Waals surface area contributed by atoms with E-state index in [9.17, 15) is 4.39 Å². The summed E-state index contributed by atoms with van der Waals surface area (Å²) in [6.07, 6.45) is 3.51. The Bertz CT molecular complexity index is 499. The summed E-state index contributed by atoms with van der Waals surface area (Å²) in [5, 5.41) is 9.99. The van der Waals surface area contributed by atoms with Crippen LogP contribution in [-0.2, 0) is 0 Å². The highest BCUT2D eigenvalue weighted by atomic mass is 19.1. The van der Waals surface area contributed by atoms with E-state index in [4.69, 9.17) is 4.74 Å². The molecule has 1 atom stereocenters. The lowest BCUT2D eigenvalue weighted by Gasteiger charge is -2.19. The van der Waals surface area contributed by atoms with Gasteiger partial charge in [-0.3, -0.25) is 5.10 Å². The first-order valence-corrected chi connectivity index (χ1v) is 5.81. The minimum Gasteiger partial charge on any atom is -0.496 e. The Balaban J connectivity index is 2.45. The van der Waals surface area contributed by atoms with Gasteiger partial charge in [-0.05, 0) is 24.7 Å². The van der Waals surface area contributed by atoms with E-state index in [1.807, 2.05) is 6.92 Å². The monoisotopic (exact) mass is 249 g/mol. The maximum absolute atomic E-state index is 13.4. The lowest BCUT2D eigenvalue weighted by atomic mass is 10.0. The Labute approximate surface area is 105 Å². The average molecular weight is 249 g/mol. The molecule has 0 fully saturated rings. The largest absolute Gasteiger partial charge is 0.496 e. The predicted octanol–water partition coefficient (Wildman–Crippen LogP) is 2.26. The zero-order valence-corrected chi connectivity index (χ0v) is 10.4. The van der Waals surface area contributed by atoms with E-state index in [2.05, 4.69) is 15.5 Å². The average Bonchev–Trinajstić information content (AvgIpc) is 2.89. The van der Waals surface area contributed by atoms with Crippen LogP contribution in [0.3, 0.4) is 0 Å². The van der Waals surface area contributed by atoms with Gasteiger partial charge in [0.2, 0.25) is 0 Å². The second-order valence-corrected chi connectivity index (χ2v) is 3.91. The summed E-state index contributed by atoms with van der Waals surface area (Å²) in [4.78, 5) is 0. The van der Waals surface area contributed by atoms with Gasteiger partial charge in [-0.2, -0.15) is 5.10 Å². The molecule has 2 N–H and O–H groups in total. The first-order chi connectivity index (χ1) is 8.76. The highest BCUT2D eigenvalue weighted by molar-refractivity contribution is 5.41. The molecule has 18 heavy (non-hydrogen) atoms. The number of aromatic nitrogens is 2. The Morgan fingerprint density at radius 2 is 2.33 bits per heavy atom. The van der Waals surface area contributed by atoms with Crippen LogP contribution >= 0.6 is 0 Å². The molecule has 0 bridgehead atoms. The molecule has 96 valence electrons. The summed E-state index contributed by atoms with van der Waals surface area (Å²) in [6, 6.07) is 4.37. The second kappa shape index (κ2) is 5.64. The number of nitrogens with one attached hydrogen (secondary N) is 2. The molecule has 0 radical (unpaired) electrons. The molecular formula is C13H16FN3O. The quantitative estimate of drug-likeness (QED) is 0.854. The van der Waals surface area contributed by atoms with Gasteiger partial charge < -0.3 is 10.1 Å². The number of nitrogens with zero attached hydrogens (tertiary/aromatic N) is 1. The lowest BCUT2D eigenvalue weighted by molar-refractivity contribution is 0.402. The Morgan fingerprint density at radius 1 is 1.50 bits per heavy atom. The van der Waals surface area contributed by atoms with Gasteiger partial charge in [-0.25, -0.2) is 4.39 Å². The van der Waals surface area contributed by atoms with E-state index in [1.165, 1.54) is 12.1 Å². The normalized spacial score (nSPS) is 12.4. The van der Waals surface area contributed by atoms with Crippen molar-refractivity contribution < 1.29 is 9.13 Å². The molecule has 1 aromatic heterocycles. The predicted molar refractivity (Wildman–Crippen MR) is 67.1 cm³/mol. The molecule has 1 aromatic carbocycles. The van der Waals surface area contributed by atoms with Crippen LogP contribution < -0.4 is 10.1 Å². The van der Waals surface area contributed by atoms with Crippen molar-refractivity contribution in [2.75, 3.05) is 13.7 Å². The molecule has 0 spiro atoms. The van der Waals surface area contributed by atoms with E-state index in [0.717, 1.165) is 17.7 Å². The number of halogens is 1. The highest BCUT2D eigenvalue weighted by Crippen LogP contribution is 2.30. The summed E-state index contributed by atoms with van der Waals surface area (Å²) in [6.45, 7) is 2.76. The van der Waals surface area contributed by atoms with Gasteiger partial charge in [0.1, 0.15) is 11.6 Å². The van der Waals surface area contributed by atoms with Crippen LogP contribution in [-0.4, -0.2) is 23.9 Å². The van der Waals surface area contributed by atoms with Crippen LogP contribution in [0.4, 0.5) is 4.39 Å². The van der Waals surface area contributed by atoms with Crippen molar-refractivity contribution in [3.05, 3.63) is 47.5 Å². The minimum atomic E-state index is -0.280. The Morgan fingerprint density at radius 3 is 2.94 bits per heavy atom. The van der Waals surface area contributed by atoms with Crippen LogP contribution in [0.5, 0.6) is 5.75 Å². The zero-order chi connectivity index (χ0) is 13.0. The fourth-order valence-electron chi connectivity index (χ4n) is 1.96. The van der Waals surface area contributed by atoms with Crippen molar-refractivity contribution in [2.24, 2.45) is 0 Å². The van der Waals surface area contributed by atoms with Crippen molar-refractivity contribution in [3.8, 4) is 5.75 Å². The van der Waals surface area contributed by atoms with Crippen LogP contribution in [0, 0.1) is 5.82 Å². The number of aromatic amines is 1. The van der Waals surface area contributed by atoms with Crippen molar-refractivity contribution in [1.82, 2.24) is 15.5 Å². The maximum atomic E-state index is 13.4. The summed E-state index contributed by atoms with van der Waals surface area (Å²) in [5.74, 6) is 0.376. The Kier molecular flexibility index (Phi) is 3.94. The Hall–Kier alpha value is -1.88. The number of rotatable bonds is 5. The zero-order valence-electron chi connectivity index (χ0n) is 10.4. The summed E-state index contributed by atoms with van der Waals surface area (Å²) < 4.78 is 18.7. The van der Waals surface area contributed by atoms with Gasteiger partial charge in [0.25, 0.3) is 0 Å². The number of hydrogen-bond acceptors (Lipinski definition) is 3. The van der Waals surface area contributed by atoms with Gasteiger partial charge in [0, 0.05) is 17.3 Å². The van der Waals surface area contributed by atoms with Gasteiger partial charge in [-0.15, -0.1) is 0 Å². The molecule has 0 aliphatic rings. The van der Waals surface area contributed by atoms with Gasteiger partial charge >= 0.3 is 0 Å². The number of benzene rings is 1. The molecule has 0 saturated heterocycles. The molecule has 1 unspecified atom stereocenters. The first kappa shape index (κ1) is 12.6. The standard InChI is InChI=1S/C13H16FN3O/c1-3-15-13(9-7-16-17-8-9)11-6-10(14)4-5-12(11)18-2/h4-8,13,15H,3H2,1-2H3,(H,16,17). The maximum Gasteiger partial charge on any atom is 0.124 e. The molecule has 1 heterocycles. The third-order valence-electron chi connectivity index (χ3n) is 2.76. The molecule has 0 saturated carbocycles. The molecule has 0 amide bonds. The molecule has 4 nitrogen and oxygen atoms in total. The fourth-order valence-corrected chi connectivity index (χ4v) is 1.96. The van der Waals surface area contributed by atoms with Crippen molar-refractivity contribution in [3.63, 3.8) is 0 Å². The lowest BCUT2D eigenvalue weighted by Crippen LogP contribution is -2.22. The second-order valence-electron chi connectivity index (χ2n) is 3.91. The van der Waals surface area contributed by atoms with Crippen LogP contribution in [0.2, 0.25) is 0 Å². The third kappa shape index (κ3) is 2.51. The molecular weight excluding hydrogens is 233 g/mol. The summed E-state index contributed by atoms with van der Waals surface area (Å²) >= 11 is 0. The van der Waals surface area contributed by atoms with E-state index in [-0.39, 0.29) is 11.9 Å². The van der Waals surface area contributed by atoms with E-state index < -0.39 is 0 Å². The van der Waals surface area contributed by atoms with E-state index in [0.29, 0.717) is 5.75 Å². The van der Waals surface area contributed by atoms with Crippen LogP contribution in [0.1, 0.15) is 24.1 Å². The fraction of sp³-hybridized carbons (Fsp3) is 0.308. The third-order valence-corrected chi connectivity index (χ3v) is 2.76. The molecule has 2 aromatic rings. The van der Waals surface area contributed by atoms with Gasteiger partial charge in [0.15, 0.2) is 0 Å². The first-order valence-electron chi connectivity index (χ1n) is 5.81. The van der Waals surface area contributed by atoms with Crippen LogP contribution in [0.15, 0.2) is 30.6 Å². The number of ether oxygens (including phenoxy) is 1. The van der Waals surface area contributed by atoms with Gasteiger partial charge in [-0.1, -0.05) is 6.92 Å². The number of hydrogen-bond donors (Lipinski definition) is 2. The molecule has 0 aliphatic carbocycles. The SMILES string of the molecule is CCNC(c1cn[nH]c1)c1cc(F)ccc1OC. The van der Waals surface area contributed by atoms with E-state index >= 15 is 0 Å². The topological polar surface area (TPSA) is 49.9 Å².